The van der Waals surface area contributed by atoms with Crippen LogP contribution in [0.25, 0.3) is 11.0 Å². The second kappa shape index (κ2) is 6.76. The third kappa shape index (κ3) is 3.60. The maximum atomic E-state index is 12.5. The van der Waals surface area contributed by atoms with Crippen LogP contribution in [0.4, 0.5) is 4.79 Å². The Morgan fingerprint density at radius 2 is 2.15 bits per heavy atom. The summed E-state index contributed by atoms with van der Waals surface area (Å²) in [6.45, 7) is 10.1. The molecule has 0 aliphatic carbocycles. The summed E-state index contributed by atoms with van der Waals surface area (Å²) in [5.41, 5.74) is 2.29. The molecule has 1 N–H and O–H groups in total. The third-order valence-electron chi connectivity index (χ3n) is 4.20. The molecule has 1 atom stereocenters. The molecular weight excluding hydrogens is 354 g/mol. The van der Waals surface area contributed by atoms with E-state index in [1.165, 1.54) is 0 Å². The van der Waals surface area contributed by atoms with Crippen molar-refractivity contribution in [2.75, 3.05) is 12.4 Å². The van der Waals surface area contributed by atoms with Gasteiger partial charge in [-0.25, -0.2) is 9.78 Å². The number of nitrogens with one attached hydrogen (secondary N) is 1. The summed E-state index contributed by atoms with van der Waals surface area (Å²) in [6.07, 6.45) is 0.302. The lowest BCUT2D eigenvalue weighted by Gasteiger charge is -2.27. The Balaban J connectivity index is 1.93. The molecule has 2 heterocycles. The van der Waals surface area contributed by atoms with E-state index in [9.17, 15) is 9.59 Å². The summed E-state index contributed by atoms with van der Waals surface area (Å²) in [5.74, 6) is 0.396. The number of carbonyl (C=O) groups excluding carboxylic acids is 2. The Hall–Kier alpha value is -2.34. The van der Waals surface area contributed by atoms with Gasteiger partial charge >= 0.3 is 6.09 Å². The summed E-state index contributed by atoms with van der Waals surface area (Å²) in [7, 11) is 0. The fraction of sp³-hybridized carbons (Fsp3) is 0.421. The Bertz CT molecular complexity index is 882. The van der Waals surface area contributed by atoms with Crippen LogP contribution in [0.15, 0.2) is 30.4 Å². The molecule has 26 heavy (non-hydrogen) atoms. The quantitative estimate of drug-likeness (QED) is 0.495. The predicted octanol–water partition coefficient (Wildman–Crippen LogP) is 4.22. The van der Waals surface area contributed by atoms with Crippen molar-refractivity contribution in [1.82, 2.24) is 14.9 Å². The SMILES string of the molecule is C=C1CCN(C(=O)OC(C)(C)C)C1c1nc2ccc(C(=O)CCl)cc2[nH]1. The number of halogens is 1. The molecule has 0 spiro atoms. The lowest BCUT2D eigenvalue weighted by molar-refractivity contribution is 0.0232. The normalized spacial score (nSPS) is 17.8. The van der Waals surface area contributed by atoms with Gasteiger partial charge in [-0.05, 0) is 51.0 Å². The van der Waals surface area contributed by atoms with Crippen molar-refractivity contribution in [3.8, 4) is 0 Å². The summed E-state index contributed by atoms with van der Waals surface area (Å²) >= 11 is 5.63. The number of alkyl halides is 1. The maximum absolute atomic E-state index is 12.5. The molecule has 0 bridgehead atoms. The van der Waals surface area contributed by atoms with Crippen molar-refractivity contribution in [2.45, 2.75) is 38.8 Å². The van der Waals surface area contributed by atoms with Crippen LogP contribution in [0, 0.1) is 0 Å². The van der Waals surface area contributed by atoms with Gasteiger partial charge in [0.25, 0.3) is 0 Å². The van der Waals surface area contributed by atoms with E-state index in [0.717, 1.165) is 16.6 Å². The molecule has 1 fully saturated rings. The predicted molar refractivity (Wildman–Crippen MR) is 101 cm³/mol. The monoisotopic (exact) mass is 375 g/mol. The van der Waals surface area contributed by atoms with Crippen molar-refractivity contribution in [3.63, 3.8) is 0 Å². The van der Waals surface area contributed by atoms with E-state index in [-0.39, 0.29) is 23.8 Å². The van der Waals surface area contributed by atoms with E-state index < -0.39 is 5.60 Å². The molecule has 138 valence electrons. The van der Waals surface area contributed by atoms with Crippen LogP contribution in [0.1, 0.15) is 49.4 Å². The van der Waals surface area contributed by atoms with Crippen LogP contribution in [0.2, 0.25) is 0 Å². The van der Waals surface area contributed by atoms with Gasteiger partial charge in [-0.15, -0.1) is 11.6 Å². The highest BCUT2D eigenvalue weighted by molar-refractivity contribution is 6.30. The van der Waals surface area contributed by atoms with Gasteiger partial charge in [0.15, 0.2) is 5.78 Å². The average molecular weight is 376 g/mol. The smallest absolute Gasteiger partial charge is 0.411 e. The van der Waals surface area contributed by atoms with E-state index in [1.807, 2.05) is 20.8 Å². The standard InChI is InChI=1S/C19H22ClN3O3/c1-11-7-8-23(18(25)26-19(2,3)4)16(11)17-21-13-6-5-12(15(24)10-20)9-14(13)22-17/h5-6,9,16H,1,7-8,10H2,2-4H3,(H,21,22). The van der Waals surface area contributed by atoms with Crippen molar-refractivity contribution in [3.05, 3.63) is 41.7 Å². The van der Waals surface area contributed by atoms with Gasteiger partial charge in [-0.2, -0.15) is 0 Å². The fourth-order valence-electron chi connectivity index (χ4n) is 3.02. The first-order valence-corrected chi connectivity index (χ1v) is 8.99. The number of ketones is 1. The number of aromatic nitrogens is 2. The van der Waals surface area contributed by atoms with E-state index in [4.69, 9.17) is 16.3 Å². The number of nitrogens with zero attached hydrogens (tertiary/aromatic N) is 2. The van der Waals surface area contributed by atoms with Crippen molar-refractivity contribution >= 4 is 34.5 Å². The molecule has 7 heteroatoms. The van der Waals surface area contributed by atoms with Gasteiger partial charge in [0.2, 0.25) is 0 Å². The first-order chi connectivity index (χ1) is 12.2. The van der Waals surface area contributed by atoms with E-state index >= 15 is 0 Å². The van der Waals surface area contributed by atoms with Gasteiger partial charge in [0.05, 0.1) is 16.9 Å². The molecule has 1 aromatic carbocycles. The fourth-order valence-corrected chi connectivity index (χ4v) is 3.17. The lowest BCUT2D eigenvalue weighted by atomic mass is 10.1. The molecule has 1 amide bonds. The number of aromatic amines is 1. The minimum Gasteiger partial charge on any atom is -0.444 e. The van der Waals surface area contributed by atoms with Crippen molar-refractivity contribution in [1.29, 1.82) is 0 Å². The zero-order valence-corrected chi connectivity index (χ0v) is 15.9. The number of rotatable bonds is 3. The summed E-state index contributed by atoms with van der Waals surface area (Å²) < 4.78 is 5.51. The minimum absolute atomic E-state index is 0.0711. The molecule has 1 saturated heterocycles. The molecular formula is C19H22ClN3O3. The first-order valence-electron chi connectivity index (χ1n) is 8.46. The van der Waals surface area contributed by atoms with Gasteiger partial charge in [0.1, 0.15) is 17.5 Å². The van der Waals surface area contributed by atoms with Gasteiger partial charge < -0.3 is 9.72 Å². The highest BCUT2D eigenvalue weighted by atomic mass is 35.5. The zero-order chi connectivity index (χ0) is 19.1. The number of likely N-dealkylation sites (tertiary alicyclic amines) is 1. The van der Waals surface area contributed by atoms with Crippen LogP contribution in [-0.2, 0) is 4.74 Å². The Morgan fingerprint density at radius 3 is 2.81 bits per heavy atom. The van der Waals surface area contributed by atoms with E-state index in [2.05, 4.69) is 16.5 Å². The molecule has 1 aromatic heterocycles. The summed E-state index contributed by atoms with van der Waals surface area (Å²) in [5, 5.41) is 0. The van der Waals surface area contributed by atoms with Gasteiger partial charge in [0, 0.05) is 12.1 Å². The number of imidazole rings is 1. The zero-order valence-electron chi connectivity index (χ0n) is 15.1. The largest absolute Gasteiger partial charge is 0.444 e. The maximum Gasteiger partial charge on any atom is 0.411 e. The van der Waals surface area contributed by atoms with E-state index in [0.29, 0.717) is 24.4 Å². The molecule has 2 aromatic rings. The molecule has 3 rings (SSSR count). The number of hydrogen-bond donors (Lipinski definition) is 1. The lowest BCUT2D eigenvalue weighted by Crippen LogP contribution is -2.36. The number of Topliss-reactive ketones (excluding diaryl/α,β-unsaturated/α-hetero) is 1. The number of benzene rings is 1. The van der Waals surface area contributed by atoms with Crippen LogP contribution < -0.4 is 0 Å². The van der Waals surface area contributed by atoms with Crippen molar-refractivity contribution in [2.24, 2.45) is 0 Å². The highest BCUT2D eigenvalue weighted by Crippen LogP contribution is 2.36. The van der Waals surface area contributed by atoms with Crippen LogP contribution in [0.3, 0.4) is 0 Å². The molecule has 1 aliphatic heterocycles. The second-order valence-corrected chi connectivity index (χ2v) is 7.66. The number of carbonyl (C=O) groups is 2. The summed E-state index contributed by atoms with van der Waals surface area (Å²) in [4.78, 5) is 33.8. The third-order valence-corrected chi connectivity index (χ3v) is 4.45. The van der Waals surface area contributed by atoms with Crippen LogP contribution in [0.5, 0.6) is 0 Å². The number of ether oxygens (including phenoxy) is 1. The topological polar surface area (TPSA) is 75.3 Å². The average Bonchev–Trinajstić information content (AvgIpc) is 3.14. The first kappa shape index (κ1) is 18.5. The Morgan fingerprint density at radius 1 is 1.42 bits per heavy atom. The van der Waals surface area contributed by atoms with Crippen LogP contribution in [-0.4, -0.2) is 44.8 Å². The number of hydrogen-bond acceptors (Lipinski definition) is 4. The minimum atomic E-state index is -0.573. The van der Waals surface area contributed by atoms with Gasteiger partial charge in [-0.3, -0.25) is 9.69 Å². The molecule has 0 saturated carbocycles. The van der Waals surface area contributed by atoms with Crippen molar-refractivity contribution < 1.29 is 14.3 Å². The Labute approximate surface area is 157 Å². The highest BCUT2D eigenvalue weighted by Gasteiger charge is 2.37. The number of amides is 1. The second-order valence-electron chi connectivity index (χ2n) is 7.40. The Kier molecular flexibility index (Phi) is 4.80. The number of fused-ring (bicyclic) bond motifs is 1. The molecule has 1 unspecified atom stereocenters. The van der Waals surface area contributed by atoms with Gasteiger partial charge in [-0.1, -0.05) is 6.58 Å². The molecule has 0 radical (unpaired) electrons. The molecule has 1 aliphatic rings. The van der Waals surface area contributed by atoms with E-state index in [1.54, 1.807) is 23.1 Å². The summed E-state index contributed by atoms with van der Waals surface area (Å²) in [6, 6.07) is 4.83. The number of H-pyrrole nitrogens is 1. The van der Waals surface area contributed by atoms with Crippen LogP contribution >= 0.6 is 11.6 Å². The molecule has 6 nitrogen and oxygen atoms in total.